The largest absolute Gasteiger partial charge is 0.496 e. The summed E-state index contributed by atoms with van der Waals surface area (Å²) in [4.78, 5) is 0. The number of hydrogen-bond donors (Lipinski definition) is 0. The molecular weight excluding hydrogens is 272 g/mol. The van der Waals surface area contributed by atoms with E-state index in [-0.39, 0.29) is 5.41 Å². The van der Waals surface area contributed by atoms with Crippen molar-refractivity contribution in [1.29, 1.82) is 0 Å². The van der Waals surface area contributed by atoms with Gasteiger partial charge in [0.15, 0.2) is 0 Å². The first-order valence-electron chi connectivity index (χ1n) is 8.61. The molecule has 130 valence electrons. The van der Waals surface area contributed by atoms with Crippen molar-refractivity contribution in [2.45, 2.75) is 67.7 Å². The van der Waals surface area contributed by atoms with Crippen LogP contribution >= 0.6 is 0 Å². The summed E-state index contributed by atoms with van der Waals surface area (Å²) >= 11 is 0. The van der Waals surface area contributed by atoms with Gasteiger partial charge in [-0.05, 0) is 43.2 Å². The molecule has 0 fully saturated rings. The van der Waals surface area contributed by atoms with Gasteiger partial charge in [-0.2, -0.15) is 0 Å². The minimum Gasteiger partial charge on any atom is -0.496 e. The number of aryl methyl sites for hydroxylation is 2. The summed E-state index contributed by atoms with van der Waals surface area (Å²) in [5, 5.41) is 0. The van der Waals surface area contributed by atoms with Gasteiger partial charge in [0.05, 0.1) is 13.7 Å². The van der Waals surface area contributed by atoms with Gasteiger partial charge in [-0.25, -0.2) is 0 Å². The van der Waals surface area contributed by atoms with Crippen molar-refractivity contribution in [2.24, 2.45) is 5.41 Å². The summed E-state index contributed by atoms with van der Waals surface area (Å²) < 4.78 is 10.7. The number of rotatable bonds is 7. The van der Waals surface area contributed by atoms with E-state index in [0.717, 1.165) is 31.6 Å². The fourth-order valence-electron chi connectivity index (χ4n) is 2.32. The molecule has 0 spiro atoms. The standard InChI is InChI=1S/C16H26O2.2C2H6/c1-13-8-9-15(18-5)14(11-13)7-6-10-16(2,3)12-17-4;2*1-2/h8-9,11H,6-7,10,12H2,1-5H3;2*1-2H3. The molecule has 0 unspecified atom stereocenters. The molecule has 1 aromatic rings. The van der Waals surface area contributed by atoms with Gasteiger partial charge in [0.1, 0.15) is 5.75 Å². The zero-order valence-corrected chi connectivity index (χ0v) is 16.4. The average molecular weight is 311 g/mol. The molecule has 0 aromatic heterocycles. The summed E-state index contributed by atoms with van der Waals surface area (Å²) in [7, 11) is 3.51. The molecular formula is C20H38O2. The third kappa shape index (κ3) is 9.83. The van der Waals surface area contributed by atoms with Gasteiger partial charge in [0, 0.05) is 7.11 Å². The van der Waals surface area contributed by atoms with Crippen LogP contribution in [-0.4, -0.2) is 20.8 Å². The highest BCUT2D eigenvalue weighted by Crippen LogP contribution is 2.26. The van der Waals surface area contributed by atoms with Crippen molar-refractivity contribution >= 4 is 0 Å². The van der Waals surface area contributed by atoms with Gasteiger partial charge in [-0.3, -0.25) is 0 Å². The van der Waals surface area contributed by atoms with E-state index in [4.69, 9.17) is 9.47 Å². The second kappa shape index (κ2) is 13.6. The zero-order chi connectivity index (χ0) is 17.6. The van der Waals surface area contributed by atoms with Crippen LogP contribution < -0.4 is 4.74 Å². The first-order chi connectivity index (χ1) is 10.5. The van der Waals surface area contributed by atoms with E-state index in [0.29, 0.717) is 0 Å². The molecule has 0 heterocycles. The Bertz CT molecular complexity index is 370. The normalized spacial score (nSPS) is 10.0. The van der Waals surface area contributed by atoms with Crippen molar-refractivity contribution in [3.8, 4) is 5.75 Å². The minimum atomic E-state index is 0.256. The van der Waals surface area contributed by atoms with E-state index in [1.54, 1.807) is 14.2 Å². The Kier molecular flexibility index (Phi) is 14.4. The van der Waals surface area contributed by atoms with Crippen LogP contribution in [-0.2, 0) is 11.2 Å². The first kappa shape index (κ1) is 23.2. The van der Waals surface area contributed by atoms with Crippen molar-refractivity contribution < 1.29 is 9.47 Å². The second-order valence-corrected chi connectivity index (χ2v) is 5.77. The van der Waals surface area contributed by atoms with Crippen LogP contribution in [0.4, 0.5) is 0 Å². The van der Waals surface area contributed by atoms with Gasteiger partial charge < -0.3 is 9.47 Å². The molecule has 2 nitrogen and oxygen atoms in total. The minimum absolute atomic E-state index is 0.256. The molecule has 0 aliphatic carbocycles. The Morgan fingerprint density at radius 1 is 1.00 bits per heavy atom. The van der Waals surface area contributed by atoms with Crippen LogP contribution in [0.15, 0.2) is 18.2 Å². The highest BCUT2D eigenvalue weighted by Gasteiger charge is 2.17. The Morgan fingerprint density at radius 3 is 2.09 bits per heavy atom. The van der Waals surface area contributed by atoms with E-state index in [1.807, 2.05) is 27.7 Å². The van der Waals surface area contributed by atoms with Gasteiger partial charge in [0.25, 0.3) is 0 Å². The molecule has 0 aliphatic heterocycles. The van der Waals surface area contributed by atoms with E-state index in [1.165, 1.54) is 11.1 Å². The molecule has 0 bridgehead atoms. The van der Waals surface area contributed by atoms with E-state index >= 15 is 0 Å². The van der Waals surface area contributed by atoms with Crippen molar-refractivity contribution in [3.63, 3.8) is 0 Å². The summed E-state index contributed by atoms with van der Waals surface area (Å²) in [5.74, 6) is 1.00. The Labute approximate surface area is 139 Å². The summed E-state index contributed by atoms with van der Waals surface area (Å²) in [6.45, 7) is 15.4. The Hall–Kier alpha value is -1.02. The van der Waals surface area contributed by atoms with Gasteiger partial charge >= 0.3 is 0 Å². The van der Waals surface area contributed by atoms with Gasteiger partial charge in [-0.15, -0.1) is 0 Å². The predicted molar refractivity (Wildman–Crippen MR) is 99.0 cm³/mol. The van der Waals surface area contributed by atoms with Crippen LogP contribution in [0.5, 0.6) is 5.75 Å². The number of ether oxygens (including phenoxy) is 2. The van der Waals surface area contributed by atoms with Crippen LogP contribution in [0.1, 0.15) is 65.5 Å². The third-order valence-corrected chi connectivity index (χ3v) is 3.27. The topological polar surface area (TPSA) is 18.5 Å². The Balaban J connectivity index is 0. The molecule has 0 radical (unpaired) electrons. The van der Waals surface area contributed by atoms with Crippen molar-refractivity contribution in [3.05, 3.63) is 29.3 Å². The lowest BCUT2D eigenvalue weighted by Gasteiger charge is -2.23. The molecule has 2 heteroatoms. The van der Waals surface area contributed by atoms with Crippen molar-refractivity contribution in [2.75, 3.05) is 20.8 Å². The average Bonchev–Trinajstić information content (AvgIpc) is 2.51. The maximum absolute atomic E-state index is 5.41. The molecule has 1 rings (SSSR count). The number of hydrogen-bond acceptors (Lipinski definition) is 2. The molecule has 22 heavy (non-hydrogen) atoms. The van der Waals surface area contributed by atoms with Crippen LogP contribution in [0, 0.1) is 12.3 Å². The molecule has 0 saturated heterocycles. The van der Waals surface area contributed by atoms with E-state index < -0.39 is 0 Å². The SMILES string of the molecule is CC.CC.COCC(C)(C)CCCc1cc(C)ccc1OC. The number of methoxy groups -OCH3 is 2. The lowest BCUT2D eigenvalue weighted by Crippen LogP contribution is -2.18. The predicted octanol–water partition coefficient (Wildman–Crippen LogP) is 6.05. The first-order valence-corrected chi connectivity index (χ1v) is 8.61. The molecule has 0 atom stereocenters. The lowest BCUT2D eigenvalue weighted by atomic mass is 9.87. The summed E-state index contributed by atoms with van der Waals surface area (Å²) in [6.07, 6.45) is 3.39. The smallest absolute Gasteiger partial charge is 0.122 e. The summed E-state index contributed by atoms with van der Waals surface area (Å²) in [5.41, 5.74) is 2.86. The van der Waals surface area contributed by atoms with Gasteiger partial charge in [-0.1, -0.05) is 59.2 Å². The van der Waals surface area contributed by atoms with Gasteiger partial charge in [0.2, 0.25) is 0 Å². The van der Waals surface area contributed by atoms with E-state index in [9.17, 15) is 0 Å². The quantitative estimate of drug-likeness (QED) is 0.610. The number of benzene rings is 1. The zero-order valence-electron chi connectivity index (χ0n) is 16.4. The summed E-state index contributed by atoms with van der Waals surface area (Å²) in [6, 6.07) is 6.38. The van der Waals surface area contributed by atoms with E-state index in [2.05, 4.69) is 39.0 Å². The van der Waals surface area contributed by atoms with Crippen molar-refractivity contribution in [1.82, 2.24) is 0 Å². The lowest BCUT2D eigenvalue weighted by molar-refractivity contribution is 0.0968. The second-order valence-electron chi connectivity index (χ2n) is 5.77. The highest BCUT2D eigenvalue weighted by atomic mass is 16.5. The maximum atomic E-state index is 5.41. The Morgan fingerprint density at radius 2 is 1.59 bits per heavy atom. The van der Waals surface area contributed by atoms with Crippen LogP contribution in [0.3, 0.4) is 0 Å². The maximum Gasteiger partial charge on any atom is 0.122 e. The van der Waals surface area contributed by atoms with Crippen LogP contribution in [0.25, 0.3) is 0 Å². The molecule has 0 amide bonds. The monoisotopic (exact) mass is 310 g/mol. The highest BCUT2D eigenvalue weighted by molar-refractivity contribution is 5.36. The molecule has 0 N–H and O–H groups in total. The van der Waals surface area contributed by atoms with Crippen LogP contribution in [0.2, 0.25) is 0 Å². The molecule has 1 aromatic carbocycles. The fraction of sp³-hybridized carbons (Fsp3) is 0.700. The third-order valence-electron chi connectivity index (χ3n) is 3.27. The molecule has 0 aliphatic rings. The fourth-order valence-corrected chi connectivity index (χ4v) is 2.32. The molecule has 0 saturated carbocycles.